The maximum atomic E-state index is 2.54. The van der Waals surface area contributed by atoms with Crippen LogP contribution in [-0.4, -0.2) is 0 Å². The van der Waals surface area contributed by atoms with Gasteiger partial charge in [-0.3, -0.25) is 0 Å². The molecule has 0 heteroatoms. The van der Waals surface area contributed by atoms with Crippen LogP contribution in [0, 0.1) is 29.6 Å². The molecule has 0 nitrogen and oxygen atoms in total. The third-order valence-electron chi connectivity index (χ3n) is 6.32. The smallest absolute Gasteiger partial charge is 0.0388 e. The Morgan fingerprint density at radius 3 is 1.95 bits per heavy atom. The second-order valence-corrected chi connectivity index (χ2v) is 7.98. The van der Waals surface area contributed by atoms with E-state index < -0.39 is 0 Å². The second-order valence-electron chi connectivity index (χ2n) is 7.98. The molecule has 0 saturated heterocycles. The Morgan fingerprint density at radius 2 is 1.37 bits per heavy atom. The highest BCUT2D eigenvalue weighted by atomic mass is 14.3. The molecular formula is C19H36. The first-order chi connectivity index (χ1) is 9.16. The fourth-order valence-corrected chi connectivity index (χ4v) is 4.58. The predicted molar refractivity (Wildman–Crippen MR) is 85.3 cm³/mol. The van der Waals surface area contributed by atoms with Gasteiger partial charge in [0.05, 0.1) is 0 Å². The third-order valence-corrected chi connectivity index (χ3v) is 6.32. The number of hydrogen-bond acceptors (Lipinski definition) is 0. The van der Waals surface area contributed by atoms with Crippen LogP contribution in [0.4, 0.5) is 0 Å². The van der Waals surface area contributed by atoms with E-state index in [2.05, 4.69) is 20.8 Å². The summed E-state index contributed by atoms with van der Waals surface area (Å²) in [6.45, 7) is 7.36. The summed E-state index contributed by atoms with van der Waals surface area (Å²) in [7, 11) is 0. The molecule has 1 unspecified atom stereocenters. The van der Waals surface area contributed by atoms with Gasteiger partial charge in [0.25, 0.3) is 0 Å². The molecule has 0 amide bonds. The van der Waals surface area contributed by atoms with Crippen LogP contribution in [0.3, 0.4) is 0 Å². The molecule has 0 radical (unpaired) electrons. The minimum atomic E-state index is 0.919. The van der Waals surface area contributed by atoms with Crippen molar-refractivity contribution in [3.63, 3.8) is 0 Å². The summed E-state index contributed by atoms with van der Waals surface area (Å²) < 4.78 is 0. The Hall–Kier alpha value is 0. The first kappa shape index (κ1) is 15.4. The average Bonchev–Trinajstić information content (AvgIpc) is 2.46. The van der Waals surface area contributed by atoms with Crippen molar-refractivity contribution in [3.8, 4) is 0 Å². The first-order valence-electron chi connectivity index (χ1n) is 9.16. The molecule has 0 aromatic carbocycles. The highest BCUT2D eigenvalue weighted by Gasteiger charge is 2.25. The van der Waals surface area contributed by atoms with Gasteiger partial charge in [0, 0.05) is 0 Å². The van der Waals surface area contributed by atoms with Gasteiger partial charge in [-0.25, -0.2) is 0 Å². The van der Waals surface area contributed by atoms with Crippen LogP contribution in [0.2, 0.25) is 0 Å². The van der Waals surface area contributed by atoms with Crippen molar-refractivity contribution in [3.05, 3.63) is 0 Å². The normalized spacial score (nSPS) is 31.6. The van der Waals surface area contributed by atoms with Crippen LogP contribution < -0.4 is 0 Å². The molecule has 19 heavy (non-hydrogen) atoms. The monoisotopic (exact) mass is 264 g/mol. The van der Waals surface area contributed by atoms with Gasteiger partial charge in [0.1, 0.15) is 0 Å². The van der Waals surface area contributed by atoms with Crippen LogP contribution in [0.15, 0.2) is 0 Å². The van der Waals surface area contributed by atoms with Gasteiger partial charge < -0.3 is 0 Å². The molecule has 2 aliphatic carbocycles. The van der Waals surface area contributed by atoms with E-state index in [0.29, 0.717) is 0 Å². The highest BCUT2D eigenvalue weighted by molar-refractivity contribution is 4.77. The molecule has 2 saturated carbocycles. The molecule has 0 aliphatic heterocycles. The van der Waals surface area contributed by atoms with Gasteiger partial charge in [0.2, 0.25) is 0 Å². The molecule has 0 bridgehead atoms. The summed E-state index contributed by atoms with van der Waals surface area (Å²) >= 11 is 0. The number of rotatable bonds is 5. The third kappa shape index (κ3) is 4.80. The summed E-state index contributed by atoms with van der Waals surface area (Å²) in [5.74, 6) is 5.10. The first-order valence-corrected chi connectivity index (χ1v) is 9.16. The Morgan fingerprint density at radius 1 is 0.737 bits per heavy atom. The van der Waals surface area contributed by atoms with Crippen molar-refractivity contribution < 1.29 is 0 Å². The molecule has 0 aromatic rings. The molecule has 0 spiro atoms. The van der Waals surface area contributed by atoms with E-state index in [9.17, 15) is 0 Å². The minimum Gasteiger partial charge on any atom is -0.0625 e. The van der Waals surface area contributed by atoms with Gasteiger partial charge in [0.15, 0.2) is 0 Å². The largest absolute Gasteiger partial charge is 0.0625 e. The molecule has 1 atom stereocenters. The van der Waals surface area contributed by atoms with Crippen molar-refractivity contribution in [1.82, 2.24) is 0 Å². The van der Waals surface area contributed by atoms with E-state index in [1.807, 2.05) is 0 Å². The van der Waals surface area contributed by atoms with E-state index in [1.54, 1.807) is 0 Å². The quantitative estimate of drug-likeness (QED) is 0.535. The molecule has 0 heterocycles. The maximum Gasteiger partial charge on any atom is -0.0388 e. The van der Waals surface area contributed by atoms with Crippen LogP contribution >= 0.6 is 0 Å². The summed E-state index contributed by atoms with van der Waals surface area (Å²) in [5.41, 5.74) is 0. The van der Waals surface area contributed by atoms with Crippen LogP contribution in [0.5, 0.6) is 0 Å². The van der Waals surface area contributed by atoms with Crippen molar-refractivity contribution in [2.75, 3.05) is 0 Å². The topological polar surface area (TPSA) is 0 Å². The number of hydrogen-bond donors (Lipinski definition) is 0. The molecule has 0 N–H and O–H groups in total. The highest BCUT2D eigenvalue weighted by Crippen LogP contribution is 2.38. The van der Waals surface area contributed by atoms with Crippen molar-refractivity contribution in [2.24, 2.45) is 29.6 Å². The van der Waals surface area contributed by atoms with E-state index >= 15 is 0 Å². The molecule has 2 rings (SSSR count). The van der Waals surface area contributed by atoms with Gasteiger partial charge in [-0.1, -0.05) is 78.6 Å². The van der Waals surface area contributed by atoms with E-state index in [-0.39, 0.29) is 0 Å². The summed E-state index contributed by atoms with van der Waals surface area (Å²) in [5, 5.41) is 0. The van der Waals surface area contributed by atoms with Crippen LogP contribution in [-0.2, 0) is 0 Å². The Kier molecular flexibility index (Phi) is 6.23. The SMILES string of the molecule is CC(C)C1CCC(CCC(C)C2CCCCC2)CC1. The minimum absolute atomic E-state index is 0.919. The lowest BCUT2D eigenvalue weighted by atomic mass is 9.73. The Bertz CT molecular complexity index is 228. The van der Waals surface area contributed by atoms with Crippen LogP contribution in [0.25, 0.3) is 0 Å². The standard InChI is InChI=1S/C19H36/c1-15(2)18-13-11-17(12-14-18)10-9-16(3)19-7-5-4-6-8-19/h15-19H,4-14H2,1-3H3. The van der Waals surface area contributed by atoms with E-state index in [4.69, 9.17) is 0 Å². The molecular weight excluding hydrogens is 228 g/mol. The van der Waals surface area contributed by atoms with Gasteiger partial charge in [-0.2, -0.15) is 0 Å². The zero-order valence-electron chi connectivity index (χ0n) is 13.7. The fourth-order valence-electron chi connectivity index (χ4n) is 4.58. The molecule has 112 valence electrons. The molecule has 0 aromatic heterocycles. The lowest BCUT2D eigenvalue weighted by Gasteiger charge is -2.33. The van der Waals surface area contributed by atoms with Gasteiger partial charge >= 0.3 is 0 Å². The van der Waals surface area contributed by atoms with Gasteiger partial charge in [-0.15, -0.1) is 0 Å². The lowest BCUT2D eigenvalue weighted by molar-refractivity contribution is 0.191. The summed E-state index contributed by atoms with van der Waals surface area (Å²) in [4.78, 5) is 0. The van der Waals surface area contributed by atoms with Crippen LogP contribution in [0.1, 0.15) is 91.4 Å². The Labute approximate surface area is 121 Å². The lowest BCUT2D eigenvalue weighted by Crippen LogP contribution is -2.20. The average molecular weight is 264 g/mol. The van der Waals surface area contributed by atoms with Crippen molar-refractivity contribution in [2.45, 2.75) is 91.4 Å². The van der Waals surface area contributed by atoms with Gasteiger partial charge in [-0.05, 0) is 42.4 Å². The van der Waals surface area contributed by atoms with Crippen molar-refractivity contribution in [1.29, 1.82) is 0 Å². The second kappa shape index (κ2) is 7.70. The zero-order chi connectivity index (χ0) is 13.7. The van der Waals surface area contributed by atoms with E-state index in [1.165, 1.54) is 70.6 Å². The summed E-state index contributed by atoms with van der Waals surface area (Å²) in [6.07, 6.45) is 16.7. The zero-order valence-corrected chi connectivity index (χ0v) is 13.7. The molecule has 2 fully saturated rings. The predicted octanol–water partition coefficient (Wildman–Crippen LogP) is 6.45. The van der Waals surface area contributed by atoms with E-state index in [0.717, 1.165) is 29.6 Å². The summed E-state index contributed by atoms with van der Waals surface area (Å²) in [6, 6.07) is 0. The fraction of sp³-hybridized carbons (Fsp3) is 1.00. The van der Waals surface area contributed by atoms with Crippen molar-refractivity contribution >= 4 is 0 Å². The Balaban J connectivity index is 1.63. The maximum absolute atomic E-state index is 2.54. The molecule has 2 aliphatic rings.